The first kappa shape index (κ1) is 25.8. The maximum absolute atomic E-state index is 11.8. The molecule has 0 radical (unpaired) electrons. The van der Waals surface area contributed by atoms with E-state index < -0.39 is 92.2 Å². The van der Waals surface area contributed by atoms with Gasteiger partial charge < -0.3 is 61.2 Å². The van der Waals surface area contributed by atoms with Crippen LogP contribution in [0.3, 0.4) is 0 Å². The SMILES string of the molecule is CO[C@H]1O[C@H](CO)[C@](O)([C@@H]2O[C@H](CO)[C@H](O)[C@@H](NC(=O)CN)[C@H]2O)[C@H](O)[C@@H]1NC(C)=O. The van der Waals surface area contributed by atoms with Gasteiger partial charge in [0.1, 0.15) is 48.3 Å². The van der Waals surface area contributed by atoms with Crippen LogP contribution in [0.15, 0.2) is 0 Å². The second kappa shape index (κ2) is 10.4. The number of methoxy groups -OCH3 is 1. The van der Waals surface area contributed by atoms with Crippen molar-refractivity contribution >= 4 is 11.8 Å². The van der Waals surface area contributed by atoms with Crippen molar-refractivity contribution in [1.82, 2.24) is 10.6 Å². The molecular formula is C17H31N3O11. The summed E-state index contributed by atoms with van der Waals surface area (Å²) >= 11 is 0. The Morgan fingerprint density at radius 2 is 1.71 bits per heavy atom. The van der Waals surface area contributed by atoms with E-state index in [-0.39, 0.29) is 0 Å². The molecule has 180 valence electrons. The van der Waals surface area contributed by atoms with Crippen LogP contribution in [0.4, 0.5) is 0 Å². The monoisotopic (exact) mass is 453 g/mol. The van der Waals surface area contributed by atoms with Gasteiger partial charge in [-0.3, -0.25) is 9.59 Å². The molecule has 0 aromatic rings. The molecule has 2 saturated heterocycles. The van der Waals surface area contributed by atoms with Crippen LogP contribution in [0.1, 0.15) is 6.92 Å². The molecule has 10 N–H and O–H groups in total. The first-order valence-electron chi connectivity index (χ1n) is 9.65. The minimum absolute atomic E-state index is 0.472. The second-order valence-corrected chi connectivity index (χ2v) is 7.53. The van der Waals surface area contributed by atoms with E-state index in [9.17, 15) is 40.2 Å². The van der Waals surface area contributed by atoms with E-state index in [1.54, 1.807) is 0 Å². The lowest BCUT2D eigenvalue weighted by molar-refractivity contribution is -0.347. The highest BCUT2D eigenvalue weighted by molar-refractivity contribution is 5.78. The second-order valence-electron chi connectivity index (χ2n) is 7.53. The smallest absolute Gasteiger partial charge is 0.234 e. The van der Waals surface area contributed by atoms with Crippen molar-refractivity contribution in [3.63, 3.8) is 0 Å². The van der Waals surface area contributed by atoms with E-state index in [0.717, 1.165) is 6.92 Å². The Hall–Kier alpha value is -1.46. The Morgan fingerprint density at radius 1 is 1.06 bits per heavy atom. The van der Waals surface area contributed by atoms with Crippen LogP contribution in [-0.4, -0.2) is 130 Å². The van der Waals surface area contributed by atoms with Crippen LogP contribution in [0, 0.1) is 0 Å². The lowest BCUT2D eigenvalue weighted by Gasteiger charge is -2.55. The largest absolute Gasteiger partial charge is 0.394 e. The summed E-state index contributed by atoms with van der Waals surface area (Å²) in [5, 5.41) is 67.7. The molecule has 31 heavy (non-hydrogen) atoms. The first-order valence-corrected chi connectivity index (χ1v) is 9.65. The van der Waals surface area contributed by atoms with Gasteiger partial charge in [-0.05, 0) is 0 Å². The van der Waals surface area contributed by atoms with Gasteiger partial charge in [-0.15, -0.1) is 0 Å². The number of nitrogens with one attached hydrogen (secondary N) is 2. The van der Waals surface area contributed by atoms with Gasteiger partial charge in [0.15, 0.2) is 6.29 Å². The number of carbonyl (C=O) groups is 2. The third-order valence-corrected chi connectivity index (χ3v) is 5.59. The van der Waals surface area contributed by atoms with Crippen molar-refractivity contribution in [1.29, 1.82) is 0 Å². The number of amides is 2. The fourth-order valence-electron chi connectivity index (χ4n) is 4.03. The van der Waals surface area contributed by atoms with Crippen LogP contribution >= 0.6 is 0 Å². The summed E-state index contributed by atoms with van der Waals surface area (Å²) < 4.78 is 16.1. The molecule has 10 atom stereocenters. The number of hydrogen-bond donors (Lipinski definition) is 9. The molecule has 2 aliphatic heterocycles. The third-order valence-electron chi connectivity index (χ3n) is 5.59. The van der Waals surface area contributed by atoms with Crippen LogP contribution < -0.4 is 16.4 Å². The molecule has 0 unspecified atom stereocenters. The zero-order valence-corrected chi connectivity index (χ0v) is 17.1. The average molecular weight is 453 g/mol. The molecule has 0 saturated carbocycles. The van der Waals surface area contributed by atoms with Gasteiger partial charge in [0.05, 0.1) is 25.8 Å². The Labute approximate surface area is 177 Å². The highest BCUT2D eigenvalue weighted by atomic mass is 16.7. The van der Waals surface area contributed by atoms with Crippen LogP contribution in [0.5, 0.6) is 0 Å². The lowest BCUT2D eigenvalue weighted by atomic mass is 9.73. The van der Waals surface area contributed by atoms with E-state index in [2.05, 4.69) is 10.6 Å². The van der Waals surface area contributed by atoms with Crippen molar-refractivity contribution in [2.45, 2.75) is 67.5 Å². The van der Waals surface area contributed by atoms with Crippen molar-refractivity contribution in [3.8, 4) is 0 Å². The Balaban J connectivity index is 2.48. The quantitative estimate of drug-likeness (QED) is 0.175. The molecule has 0 aromatic carbocycles. The number of aliphatic hydroxyl groups excluding tert-OH is 5. The normalized spacial score (nSPS) is 43.3. The molecule has 2 amide bonds. The van der Waals surface area contributed by atoms with Crippen molar-refractivity contribution < 1.29 is 54.4 Å². The minimum Gasteiger partial charge on any atom is -0.394 e. The van der Waals surface area contributed by atoms with Gasteiger partial charge >= 0.3 is 0 Å². The number of ether oxygens (including phenoxy) is 3. The Kier molecular flexibility index (Phi) is 8.69. The fourth-order valence-corrected chi connectivity index (χ4v) is 4.03. The summed E-state index contributed by atoms with van der Waals surface area (Å²) in [4.78, 5) is 23.4. The molecule has 2 fully saturated rings. The summed E-state index contributed by atoms with van der Waals surface area (Å²) in [6.07, 6.45) is -11.4. The van der Waals surface area contributed by atoms with E-state index in [1.165, 1.54) is 7.11 Å². The van der Waals surface area contributed by atoms with Crippen LogP contribution in [-0.2, 0) is 23.8 Å². The topological polar surface area (TPSA) is 233 Å². The summed E-state index contributed by atoms with van der Waals surface area (Å²) in [6, 6.07) is -2.80. The zero-order valence-electron chi connectivity index (χ0n) is 17.1. The van der Waals surface area contributed by atoms with Gasteiger partial charge in [-0.25, -0.2) is 0 Å². The number of hydrogen-bond acceptors (Lipinski definition) is 12. The molecule has 14 nitrogen and oxygen atoms in total. The number of aliphatic hydroxyl groups is 6. The number of carbonyl (C=O) groups excluding carboxylic acids is 2. The molecule has 0 aliphatic carbocycles. The van der Waals surface area contributed by atoms with Crippen LogP contribution in [0.2, 0.25) is 0 Å². The highest BCUT2D eigenvalue weighted by Gasteiger charge is 2.64. The fraction of sp³-hybridized carbons (Fsp3) is 0.882. The summed E-state index contributed by atoms with van der Waals surface area (Å²) in [5.41, 5.74) is 2.69. The Bertz CT molecular complexity index is 640. The standard InChI is InChI=1S/C17H31N3O11/c1-6(23)19-11-14(27)17(28,8(5-22)31-16(11)29-2)15-13(26)10(20-9(24)3-18)12(25)7(4-21)30-15/h7-8,10-16,21-22,25-28H,3-5,18H2,1-2H3,(H,19,23)(H,20,24)/t7-,8-,10-,11+,12+,13-,14-,15-,16+,17-/m1/s1. The lowest BCUT2D eigenvalue weighted by Crippen LogP contribution is -2.79. The predicted octanol–water partition coefficient (Wildman–Crippen LogP) is -6.13. The molecule has 0 aromatic heterocycles. The van der Waals surface area contributed by atoms with Gasteiger partial charge in [-0.1, -0.05) is 0 Å². The molecule has 2 rings (SSSR count). The van der Waals surface area contributed by atoms with Crippen molar-refractivity contribution in [3.05, 3.63) is 0 Å². The summed E-state index contributed by atoms with van der Waals surface area (Å²) in [5.74, 6) is -1.34. The summed E-state index contributed by atoms with van der Waals surface area (Å²) in [7, 11) is 1.22. The molecular weight excluding hydrogens is 422 g/mol. The maximum Gasteiger partial charge on any atom is 0.234 e. The maximum atomic E-state index is 11.8. The molecule has 14 heteroatoms. The van der Waals surface area contributed by atoms with Gasteiger partial charge in [0.25, 0.3) is 0 Å². The van der Waals surface area contributed by atoms with E-state index in [1.807, 2.05) is 0 Å². The van der Waals surface area contributed by atoms with Crippen molar-refractivity contribution in [2.24, 2.45) is 5.73 Å². The van der Waals surface area contributed by atoms with E-state index >= 15 is 0 Å². The molecule has 0 bridgehead atoms. The van der Waals surface area contributed by atoms with Crippen molar-refractivity contribution in [2.75, 3.05) is 26.9 Å². The van der Waals surface area contributed by atoms with Gasteiger partial charge in [0, 0.05) is 14.0 Å². The van der Waals surface area contributed by atoms with E-state index in [4.69, 9.17) is 19.9 Å². The van der Waals surface area contributed by atoms with Gasteiger partial charge in [-0.2, -0.15) is 0 Å². The molecule has 0 spiro atoms. The highest BCUT2D eigenvalue weighted by Crippen LogP contribution is 2.39. The van der Waals surface area contributed by atoms with Crippen LogP contribution in [0.25, 0.3) is 0 Å². The summed E-state index contributed by atoms with van der Waals surface area (Å²) in [6.45, 7) is -0.954. The predicted molar refractivity (Wildman–Crippen MR) is 100 cm³/mol. The average Bonchev–Trinajstić information content (AvgIpc) is 2.74. The molecule has 2 aliphatic rings. The number of nitrogens with two attached hydrogens (primary N) is 1. The molecule has 2 heterocycles. The number of rotatable bonds is 7. The third kappa shape index (κ3) is 4.83. The Morgan fingerprint density at radius 3 is 2.19 bits per heavy atom. The zero-order chi connectivity index (χ0) is 23.5. The first-order chi connectivity index (χ1) is 14.6. The minimum atomic E-state index is -2.57. The van der Waals surface area contributed by atoms with E-state index in [0.29, 0.717) is 0 Å². The van der Waals surface area contributed by atoms with Gasteiger partial charge in [0.2, 0.25) is 11.8 Å².